The zero-order valence-electron chi connectivity index (χ0n) is 9.72. The van der Waals surface area contributed by atoms with Crippen LogP contribution in [-0.2, 0) is 0 Å². The molecular formula is C12H26. The minimum absolute atomic E-state index is 0.842. The first-order valence-electron chi connectivity index (χ1n) is 5.54. The largest absolute Gasteiger partial charge is 0.0651 e. The lowest BCUT2D eigenvalue weighted by Gasteiger charge is -2.32. The fourth-order valence-electron chi connectivity index (χ4n) is 2.69. The van der Waals surface area contributed by atoms with Crippen LogP contribution in [0.25, 0.3) is 0 Å². The lowest BCUT2D eigenvalue weighted by molar-refractivity contribution is 0.176. The normalized spacial score (nSPS) is 12.5. The molecule has 0 amide bonds. The lowest BCUT2D eigenvalue weighted by Crippen LogP contribution is -2.24. The van der Waals surface area contributed by atoms with Crippen LogP contribution >= 0.6 is 0 Å². The van der Waals surface area contributed by atoms with Crippen LogP contribution in [0.1, 0.15) is 54.4 Å². The smallest absolute Gasteiger partial charge is 0.0340 e. The third-order valence-electron chi connectivity index (χ3n) is 3.13. The fourth-order valence-corrected chi connectivity index (χ4v) is 2.69. The predicted octanol–water partition coefficient (Wildman–Crippen LogP) is 4.35. The Kier molecular flexibility index (Phi) is 5.61. The van der Waals surface area contributed by atoms with Crippen molar-refractivity contribution in [1.82, 2.24) is 0 Å². The Morgan fingerprint density at radius 1 is 0.750 bits per heavy atom. The van der Waals surface area contributed by atoms with Crippen molar-refractivity contribution in [3.05, 3.63) is 0 Å². The quantitative estimate of drug-likeness (QED) is 0.575. The van der Waals surface area contributed by atoms with Gasteiger partial charge in [0, 0.05) is 0 Å². The van der Waals surface area contributed by atoms with E-state index in [2.05, 4.69) is 41.5 Å². The van der Waals surface area contributed by atoms with Crippen molar-refractivity contribution in [3.63, 3.8) is 0 Å². The van der Waals surface area contributed by atoms with Crippen molar-refractivity contribution >= 4 is 0 Å². The molecule has 74 valence electrons. The summed E-state index contributed by atoms with van der Waals surface area (Å²) in [5, 5.41) is 0. The van der Waals surface area contributed by atoms with E-state index in [1.165, 1.54) is 12.8 Å². The molecule has 0 nitrogen and oxygen atoms in total. The van der Waals surface area contributed by atoms with Crippen LogP contribution < -0.4 is 0 Å². The van der Waals surface area contributed by atoms with Crippen LogP contribution in [0, 0.1) is 23.7 Å². The highest BCUT2D eigenvalue weighted by atomic mass is 14.3. The number of hydrogen-bond donors (Lipinski definition) is 0. The molecule has 0 aromatic heterocycles. The molecule has 0 aliphatic heterocycles. The summed E-state index contributed by atoms with van der Waals surface area (Å²) < 4.78 is 0. The van der Waals surface area contributed by atoms with Crippen LogP contribution in [0.5, 0.6) is 0 Å². The van der Waals surface area contributed by atoms with E-state index in [1.54, 1.807) is 0 Å². The molecule has 0 N–H and O–H groups in total. The maximum atomic E-state index is 2.36. The Hall–Kier alpha value is 0. The van der Waals surface area contributed by atoms with E-state index in [1.807, 2.05) is 0 Å². The van der Waals surface area contributed by atoms with Gasteiger partial charge in [-0.05, 0) is 23.7 Å². The topological polar surface area (TPSA) is 0 Å². The van der Waals surface area contributed by atoms with E-state index in [0.29, 0.717) is 0 Å². The molecular weight excluding hydrogens is 144 g/mol. The predicted molar refractivity (Wildman–Crippen MR) is 57.2 cm³/mol. The molecule has 0 fully saturated rings. The van der Waals surface area contributed by atoms with E-state index in [9.17, 15) is 0 Å². The molecule has 0 saturated heterocycles. The van der Waals surface area contributed by atoms with Crippen LogP contribution in [-0.4, -0.2) is 0 Å². The number of rotatable bonds is 5. The molecule has 0 saturated carbocycles. The van der Waals surface area contributed by atoms with E-state index in [-0.39, 0.29) is 0 Å². The summed E-state index contributed by atoms with van der Waals surface area (Å²) in [7, 11) is 0. The summed E-state index contributed by atoms with van der Waals surface area (Å²) in [6, 6.07) is 0. The van der Waals surface area contributed by atoms with Gasteiger partial charge in [-0.1, -0.05) is 54.4 Å². The number of hydrogen-bond acceptors (Lipinski definition) is 0. The first kappa shape index (κ1) is 12.0. The van der Waals surface area contributed by atoms with E-state index in [4.69, 9.17) is 0 Å². The molecule has 0 heterocycles. The second-order valence-corrected chi connectivity index (χ2v) is 4.64. The second-order valence-electron chi connectivity index (χ2n) is 4.64. The van der Waals surface area contributed by atoms with Crippen molar-refractivity contribution < 1.29 is 0 Å². The monoisotopic (exact) mass is 170 g/mol. The van der Waals surface area contributed by atoms with E-state index >= 15 is 0 Å². The molecule has 0 aromatic rings. The Bertz CT molecular complexity index is 90.6. The van der Waals surface area contributed by atoms with Crippen molar-refractivity contribution in [2.45, 2.75) is 54.4 Å². The maximum absolute atomic E-state index is 2.36. The fraction of sp³-hybridized carbons (Fsp3) is 1.00. The highest BCUT2D eigenvalue weighted by Gasteiger charge is 2.24. The van der Waals surface area contributed by atoms with Crippen LogP contribution in [0.3, 0.4) is 0 Å². The molecule has 0 spiro atoms. The van der Waals surface area contributed by atoms with Crippen LogP contribution in [0.4, 0.5) is 0 Å². The van der Waals surface area contributed by atoms with Gasteiger partial charge in [0.15, 0.2) is 0 Å². The molecule has 0 aliphatic rings. The van der Waals surface area contributed by atoms with Gasteiger partial charge in [0.2, 0.25) is 0 Å². The average molecular weight is 170 g/mol. The summed E-state index contributed by atoms with van der Waals surface area (Å²) in [5.74, 6) is 3.54. The maximum Gasteiger partial charge on any atom is -0.0340 e. The lowest BCUT2D eigenvalue weighted by atomic mass is 9.74. The minimum atomic E-state index is 0.842. The zero-order chi connectivity index (χ0) is 9.72. The molecule has 0 heteroatoms. The van der Waals surface area contributed by atoms with Crippen molar-refractivity contribution in [3.8, 4) is 0 Å². The molecule has 12 heavy (non-hydrogen) atoms. The molecule has 0 unspecified atom stereocenters. The van der Waals surface area contributed by atoms with Crippen molar-refractivity contribution in [2.75, 3.05) is 0 Å². The summed E-state index contributed by atoms with van der Waals surface area (Å²) in [6.45, 7) is 14.1. The van der Waals surface area contributed by atoms with Crippen molar-refractivity contribution in [2.24, 2.45) is 23.7 Å². The van der Waals surface area contributed by atoms with Gasteiger partial charge >= 0.3 is 0 Å². The van der Waals surface area contributed by atoms with Crippen LogP contribution in [0.2, 0.25) is 0 Å². The van der Waals surface area contributed by atoms with E-state index in [0.717, 1.165) is 23.7 Å². The average Bonchev–Trinajstić information content (AvgIpc) is 1.98. The van der Waals surface area contributed by atoms with E-state index < -0.39 is 0 Å². The first-order valence-corrected chi connectivity index (χ1v) is 5.54. The van der Waals surface area contributed by atoms with Gasteiger partial charge in [-0.2, -0.15) is 0 Å². The standard InChI is InChI=1S/C12H26/c1-7-11(8-2)12(9(3)4)10(5)6/h9-12H,7-8H2,1-6H3. The van der Waals surface area contributed by atoms with Crippen LogP contribution in [0.15, 0.2) is 0 Å². The van der Waals surface area contributed by atoms with Crippen molar-refractivity contribution in [1.29, 1.82) is 0 Å². The summed E-state index contributed by atoms with van der Waals surface area (Å²) in [6.07, 6.45) is 2.69. The van der Waals surface area contributed by atoms with Gasteiger partial charge in [0.05, 0.1) is 0 Å². The molecule has 0 bridgehead atoms. The third kappa shape index (κ3) is 3.16. The Labute approximate surface area is 78.8 Å². The molecule has 0 aromatic carbocycles. The summed E-state index contributed by atoms with van der Waals surface area (Å²) in [4.78, 5) is 0. The Morgan fingerprint density at radius 3 is 1.17 bits per heavy atom. The summed E-state index contributed by atoms with van der Waals surface area (Å²) >= 11 is 0. The third-order valence-corrected chi connectivity index (χ3v) is 3.13. The molecule has 0 aliphatic carbocycles. The SMILES string of the molecule is CCC(CC)C(C(C)C)C(C)C. The van der Waals surface area contributed by atoms with Gasteiger partial charge in [-0.25, -0.2) is 0 Å². The molecule has 0 atom stereocenters. The highest BCUT2D eigenvalue weighted by molar-refractivity contribution is 4.73. The molecule has 0 radical (unpaired) electrons. The second kappa shape index (κ2) is 5.61. The minimum Gasteiger partial charge on any atom is -0.0651 e. The van der Waals surface area contributed by atoms with Gasteiger partial charge in [-0.3, -0.25) is 0 Å². The van der Waals surface area contributed by atoms with Gasteiger partial charge in [-0.15, -0.1) is 0 Å². The Balaban J connectivity index is 4.26. The first-order chi connectivity index (χ1) is 5.54. The Morgan fingerprint density at radius 2 is 1.08 bits per heavy atom. The summed E-state index contributed by atoms with van der Waals surface area (Å²) in [5.41, 5.74) is 0. The van der Waals surface area contributed by atoms with Gasteiger partial charge in [0.1, 0.15) is 0 Å². The molecule has 0 rings (SSSR count). The van der Waals surface area contributed by atoms with Gasteiger partial charge in [0.25, 0.3) is 0 Å². The van der Waals surface area contributed by atoms with Gasteiger partial charge < -0.3 is 0 Å². The zero-order valence-corrected chi connectivity index (χ0v) is 9.72. The highest BCUT2D eigenvalue weighted by Crippen LogP contribution is 2.32.